The van der Waals surface area contributed by atoms with Gasteiger partial charge in [-0.2, -0.15) is 13.2 Å². The molecule has 1 aromatic heterocycles. The molecule has 2 atom stereocenters. The molecule has 128 valence electrons. The third kappa shape index (κ3) is 2.81. The lowest BCUT2D eigenvalue weighted by molar-refractivity contribution is -0.182. The first-order valence-electron chi connectivity index (χ1n) is 7.19. The Kier molecular flexibility index (Phi) is 3.73. The molecule has 24 heavy (non-hydrogen) atoms. The van der Waals surface area contributed by atoms with E-state index in [9.17, 15) is 22.8 Å². The van der Waals surface area contributed by atoms with Crippen molar-refractivity contribution >= 4 is 22.9 Å². The number of amides is 2. The van der Waals surface area contributed by atoms with E-state index >= 15 is 0 Å². The molecule has 3 rings (SSSR count). The summed E-state index contributed by atoms with van der Waals surface area (Å²) in [6.45, 7) is 0.702. The van der Waals surface area contributed by atoms with Crippen molar-refractivity contribution in [1.82, 2.24) is 9.88 Å². The average Bonchev–Trinajstić information content (AvgIpc) is 3.07. The number of carbonyl (C=O) groups excluding carboxylic acids is 2. The van der Waals surface area contributed by atoms with Gasteiger partial charge in [0.05, 0.1) is 11.8 Å². The molecule has 0 bridgehead atoms. The van der Waals surface area contributed by atoms with E-state index in [4.69, 9.17) is 10.2 Å². The fourth-order valence-corrected chi connectivity index (χ4v) is 2.95. The van der Waals surface area contributed by atoms with Gasteiger partial charge in [-0.15, -0.1) is 0 Å². The predicted molar refractivity (Wildman–Crippen MR) is 76.9 cm³/mol. The zero-order valence-corrected chi connectivity index (χ0v) is 12.6. The second kappa shape index (κ2) is 5.50. The molecule has 1 aromatic carbocycles. The van der Waals surface area contributed by atoms with Crippen LogP contribution in [0, 0.1) is 18.8 Å². The summed E-state index contributed by atoms with van der Waals surface area (Å²) in [5.74, 6) is -4.63. The number of benzene rings is 1. The summed E-state index contributed by atoms with van der Waals surface area (Å²) in [5.41, 5.74) is 6.17. The molecule has 1 aliphatic heterocycles. The van der Waals surface area contributed by atoms with Crippen LogP contribution in [0.4, 0.5) is 13.2 Å². The molecule has 9 heteroatoms. The minimum absolute atomic E-state index is 0.182. The molecular formula is C15H14F3N3O3. The maximum absolute atomic E-state index is 13.1. The molecule has 2 N–H and O–H groups in total. The van der Waals surface area contributed by atoms with Crippen LogP contribution in [0.2, 0.25) is 0 Å². The van der Waals surface area contributed by atoms with Crippen LogP contribution in [0.25, 0.3) is 11.1 Å². The predicted octanol–water partition coefficient (Wildman–Crippen LogP) is 1.87. The fraction of sp³-hybridized carbons (Fsp3) is 0.400. The number of nitrogens with zero attached hydrogens (tertiary/aromatic N) is 2. The first kappa shape index (κ1) is 16.3. The summed E-state index contributed by atoms with van der Waals surface area (Å²) in [7, 11) is 0. The van der Waals surface area contributed by atoms with E-state index in [0.29, 0.717) is 17.0 Å². The summed E-state index contributed by atoms with van der Waals surface area (Å²) in [6.07, 6.45) is -4.60. The maximum Gasteiger partial charge on any atom is 0.394 e. The third-order valence-electron chi connectivity index (χ3n) is 4.13. The lowest BCUT2D eigenvalue weighted by Crippen LogP contribution is -2.37. The normalized spacial score (nSPS) is 21.4. The second-order valence-corrected chi connectivity index (χ2v) is 5.78. The molecule has 1 saturated heterocycles. The highest BCUT2D eigenvalue weighted by molar-refractivity contribution is 5.97. The molecule has 0 saturated carbocycles. The van der Waals surface area contributed by atoms with Crippen LogP contribution >= 0.6 is 0 Å². The van der Waals surface area contributed by atoms with Gasteiger partial charge in [-0.1, -0.05) is 0 Å². The molecule has 1 aliphatic rings. The van der Waals surface area contributed by atoms with Crippen molar-refractivity contribution in [2.75, 3.05) is 13.1 Å². The number of alkyl halides is 3. The van der Waals surface area contributed by atoms with Gasteiger partial charge in [0.25, 0.3) is 5.91 Å². The first-order valence-corrected chi connectivity index (χ1v) is 7.19. The minimum atomic E-state index is -4.60. The van der Waals surface area contributed by atoms with Gasteiger partial charge in [-0.3, -0.25) is 9.59 Å². The Hall–Kier alpha value is -2.58. The third-order valence-corrected chi connectivity index (χ3v) is 4.13. The molecule has 0 unspecified atom stereocenters. The van der Waals surface area contributed by atoms with E-state index in [0.717, 1.165) is 4.90 Å². The average molecular weight is 341 g/mol. The first-order chi connectivity index (χ1) is 11.2. The number of aromatic nitrogens is 1. The Labute approximate surface area is 134 Å². The van der Waals surface area contributed by atoms with E-state index < -0.39 is 36.4 Å². The molecule has 2 aromatic rings. The molecule has 0 spiro atoms. The molecule has 0 radical (unpaired) electrons. The number of oxazole rings is 1. The van der Waals surface area contributed by atoms with Crippen LogP contribution in [0.5, 0.6) is 0 Å². The number of carbonyl (C=O) groups is 2. The number of aryl methyl sites for hydroxylation is 1. The zero-order chi connectivity index (χ0) is 17.6. The van der Waals surface area contributed by atoms with E-state index in [1.165, 1.54) is 18.2 Å². The van der Waals surface area contributed by atoms with Crippen LogP contribution in [0.1, 0.15) is 16.2 Å². The molecule has 1 fully saturated rings. The summed E-state index contributed by atoms with van der Waals surface area (Å²) in [5, 5.41) is 0. The van der Waals surface area contributed by atoms with Crippen LogP contribution in [0.15, 0.2) is 22.6 Å². The summed E-state index contributed by atoms with van der Waals surface area (Å²) < 4.78 is 44.5. The number of rotatable bonds is 2. The smallest absolute Gasteiger partial charge is 0.394 e. The van der Waals surface area contributed by atoms with Gasteiger partial charge in [0.15, 0.2) is 11.5 Å². The van der Waals surface area contributed by atoms with Crippen molar-refractivity contribution < 1.29 is 27.2 Å². The number of hydrogen-bond acceptors (Lipinski definition) is 4. The van der Waals surface area contributed by atoms with Crippen molar-refractivity contribution in [3.63, 3.8) is 0 Å². The van der Waals surface area contributed by atoms with E-state index in [1.807, 2.05) is 0 Å². The molecule has 2 amide bonds. The van der Waals surface area contributed by atoms with Crippen LogP contribution in [-0.4, -0.2) is 41.0 Å². The fourth-order valence-electron chi connectivity index (χ4n) is 2.95. The van der Waals surface area contributed by atoms with Gasteiger partial charge in [0.2, 0.25) is 5.91 Å². The number of likely N-dealkylation sites (tertiary alicyclic amines) is 1. The van der Waals surface area contributed by atoms with Gasteiger partial charge in [0.1, 0.15) is 5.52 Å². The highest BCUT2D eigenvalue weighted by atomic mass is 19.4. The van der Waals surface area contributed by atoms with Crippen LogP contribution in [0.3, 0.4) is 0 Å². The SMILES string of the molecule is Cc1nc2cc(C(=O)N3C[C@@H](C(F)(F)F)[C@H](C(N)=O)C3)ccc2o1. The van der Waals surface area contributed by atoms with E-state index in [2.05, 4.69) is 4.98 Å². The summed E-state index contributed by atoms with van der Waals surface area (Å²) in [6, 6.07) is 4.44. The van der Waals surface area contributed by atoms with E-state index in [1.54, 1.807) is 6.92 Å². The van der Waals surface area contributed by atoms with E-state index in [-0.39, 0.29) is 12.1 Å². The molecule has 6 nitrogen and oxygen atoms in total. The largest absolute Gasteiger partial charge is 0.441 e. The highest BCUT2D eigenvalue weighted by Gasteiger charge is 2.52. The number of halogens is 3. The van der Waals surface area contributed by atoms with Crippen molar-refractivity contribution in [2.45, 2.75) is 13.1 Å². The Bertz CT molecular complexity index is 815. The van der Waals surface area contributed by atoms with Crippen LogP contribution < -0.4 is 5.73 Å². The van der Waals surface area contributed by atoms with Gasteiger partial charge >= 0.3 is 6.18 Å². The Balaban J connectivity index is 1.87. The van der Waals surface area contributed by atoms with Gasteiger partial charge in [0, 0.05) is 25.6 Å². The molecular weight excluding hydrogens is 327 g/mol. The van der Waals surface area contributed by atoms with Gasteiger partial charge < -0.3 is 15.1 Å². The van der Waals surface area contributed by atoms with Gasteiger partial charge in [-0.05, 0) is 18.2 Å². The highest BCUT2D eigenvalue weighted by Crippen LogP contribution is 2.38. The van der Waals surface area contributed by atoms with Crippen molar-refractivity contribution in [1.29, 1.82) is 0 Å². The second-order valence-electron chi connectivity index (χ2n) is 5.78. The monoisotopic (exact) mass is 341 g/mol. The van der Waals surface area contributed by atoms with Gasteiger partial charge in [-0.25, -0.2) is 4.98 Å². The summed E-state index contributed by atoms with van der Waals surface area (Å²) in [4.78, 5) is 28.9. The number of hydrogen-bond donors (Lipinski definition) is 1. The molecule has 2 heterocycles. The topological polar surface area (TPSA) is 89.4 Å². The quantitative estimate of drug-likeness (QED) is 0.903. The standard InChI is InChI=1S/C15H14F3N3O3/c1-7-20-11-4-8(2-3-12(11)24-7)14(23)21-5-9(13(19)22)10(6-21)15(16,17)18/h2-4,9-10H,5-6H2,1H3,(H2,19,22)/t9-,10-/m1/s1. The summed E-state index contributed by atoms with van der Waals surface area (Å²) >= 11 is 0. The molecule has 0 aliphatic carbocycles. The van der Waals surface area contributed by atoms with Crippen LogP contribution in [-0.2, 0) is 4.79 Å². The number of fused-ring (bicyclic) bond motifs is 1. The zero-order valence-electron chi connectivity index (χ0n) is 12.6. The Morgan fingerprint density at radius 2 is 2.04 bits per heavy atom. The number of nitrogens with two attached hydrogens (primary N) is 1. The number of primary amides is 1. The minimum Gasteiger partial charge on any atom is -0.441 e. The van der Waals surface area contributed by atoms with Crippen molar-refractivity contribution in [2.24, 2.45) is 17.6 Å². The Morgan fingerprint density at radius 3 is 2.62 bits per heavy atom. The lowest BCUT2D eigenvalue weighted by Gasteiger charge is -2.18. The Morgan fingerprint density at radius 1 is 1.33 bits per heavy atom. The lowest BCUT2D eigenvalue weighted by atomic mass is 9.95. The van der Waals surface area contributed by atoms with Crippen molar-refractivity contribution in [3.05, 3.63) is 29.7 Å². The van der Waals surface area contributed by atoms with Crippen molar-refractivity contribution in [3.8, 4) is 0 Å². The maximum atomic E-state index is 13.1.